The Morgan fingerprint density at radius 1 is 1.67 bits per heavy atom. The summed E-state index contributed by atoms with van der Waals surface area (Å²) < 4.78 is 29.3. The Balaban J connectivity index is -0.0000000300. The molecule has 0 bridgehead atoms. The van der Waals surface area contributed by atoms with Gasteiger partial charge in [-0.1, -0.05) is 0 Å². The Morgan fingerprint density at radius 2 is 2.00 bits per heavy atom. The second-order valence-electron chi connectivity index (χ2n) is 0.602. The Bertz CT molecular complexity index is 189. The van der Waals surface area contributed by atoms with E-state index in [0.717, 1.165) is 6.26 Å². The average molecular weight is 187 g/mol. The maximum absolute atomic E-state index is 9.34. The van der Waals surface area contributed by atoms with Crippen LogP contribution in [0.4, 0.5) is 0 Å². The summed E-state index contributed by atoms with van der Waals surface area (Å²) >= 11 is 0. The van der Waals surface area contributed by atoms with Gasteiger partial charge in [0.1, 0.15) is 0 Å². The van der Waals surface area contributed by atoms with Crippen LogP contribution < -0.4 is 80.9 Å². The summed E-state index contributed by atoms with van der Waals surface area (Å²) in [7, 11) is -4.54. The Hall–Kier alpha value is 1.84. The van der Waals surface area contributed by atoms with Crippen LogP contribution in [0.5, 0.6) is 0 Å². The second kappa shape index (κ2) is 7.94. The molecule has 5 nitrogen and oxygen atoms in total. The van der Waals surface area contributed by atoms with Gasteiger partial charge in [0.05, 0.1) is 0 Å². The topological polar surface area (TPSA) is 87.4 Å². The summed E-state index contributed by atoms with van der Waals surface area (Å²) in [5.74, 6) is 0. The van der Waals surface area contributed by atoms with E-state index in [1.807, 2.05) is 0 Å². The van der Waals surface area contributed by atoms with Gasteiger partial charge in [-0.05, 0) is 0 Å². The van der Waals surface area contributed by atoms with Crippen LogP contribution in [0.1, 0.15) is 2.85 Å². The van der Waals surface area contributed by atoms with Crippen molar-refractivity contribution in [3.8, 4) is 6.26 Å². The molecular formula is CH3KNNaO4S. The summed E-state index contributed by atoms with van der Waals surface area (Å²) in [6.07, 6.45) is 0.770. The first-order valence-corrected chi connectivity index (χ1v) is 2.48. The van der Waals surface area contributed by atoms with Crippen molar-refractivity contribution >= 4 is 10.4 Å². The smallest absolute Gasteiger partial charge is 1.00 e. The Labute approximate surface area is 120 Å². The zero-order chi connectivity index (χ0) is 5.91. The summed E-state index contributed by atoms with van der Waals surface area (Å²) in [6.45, 7) is 0. The molecule has 0 aliphatic rings. The van der Waals surface area contributed by atoms with Crippen molar-refractivity contribution in [2.75, 3.05) is 0 Å². The largest absolute Gasteiger partial charge is 1.00 e. The van der Waals surface area contributed by atoms with Crippen molar-refractivity contribution in [3.05, 3.63) is 0 Å². The molecule has 0 fully saturated rings. The second-order valence-corrected chi connectivity index (χ2v) is 1.62. The minimum atomic E-state index is -4.54. The normalized spacial score (nSPS) is 7.56. The van der Waals surface area contributed by atoms with E-state index >= 15 is 0 Å². The predicted octanol–water partition coefficient (Wildman–Crippen LogP) is -6.48. The van der Waals surface area contributed by atoms with Gasteiger partial charge in [-0.3, -0.25) is 8.74 Å². The third-order valence-corrected chi connectivity index (χ3v) is 0.428. The van der Waals surface area contributed by atoms with Crippen molar-refractivity contribution in [2.45, 2.75) is 0 Å². The van der Waals surface area contributed by atoms with E-state index in [4.69, 9.17) is 9.81 Å². The maximum atomic E-state index is 9.34. The van der Waals surface area contributed by atoms with Gasteiger partial charge in [0.2, 0.25) is 0 Å². The van der Waals surface area contributed by atoms with E-state index in [2.05, 4.69) is 4.18 Å². The van der Waals surface area contributed by atoms with Crippen LogP contribution in [0.25, 0.3) is 0 Å². The van der Waals surface area contributed by atoms with Crippen molar-refractivity contribution in [1.29, 1.82) is 5.26 Å². The van der Waals surface area contributed by atoms with Crippen molar-refractivity contribution in [2.24, 2.45) is 0 Å². The zero-order valence-electron chi connectivity index (χ0n) is 7.03. The van der Waals surface area contributed by atoms with Crippen molar-refractivity contribution in [1.82, 2.24) is 0 Å². The molecule has 0 saturated carbocycles. The molecule has 0 aromatic carbocycles. The van der Waals surface area contributed by atoms with Gasteiger partial charge in [0, 0.05) is 0 Å². The van der Waals surface area contributed by atoms with E-state index in [0.29, 0.717) is 0 Å². The van der Waals surface area contributed by atoms with Crippen LogP contribution in [0, 0.1) is 11.5 Å². The molecule has 0 spiro atoms. The molecule has 0 unspecified atom stereocenters. The van der Waals surface area contributed by atoms with Gasteiger partial charge in [-0.2, -0.15) is 8.42 Å². The molecule has 44 valence electrons. The molecule has 0 saturated heterocycles. The van der Waals surface area contributed by atoms with E-state index in [1.54, 1.807) is 0 Å². The van der Waals surface area contributed by atoms with E-state index in [-0.39, 0.29) is 83.8 Å². The maximum Gasteiger partial charge on any atom is 1.00 e. The van der Waals surface area contributed by atoms with Crippen molar-refractivity contribution in [3.63, 3.8) is 0 Å². The van der Waals surface area contributed by atoms with Crippen LogP contribution in [-0.2, 0) is 14.6 Å². The van der Waals surface area contributed by atoms with Crippen LogP contribution >= 0.6 is 0 Å². The van der Waals surface area contributed by atoms with E-state index < -0.39 is 10.4 Å². The third kappa shape index (κ3) is 17.7. The fourth-order valence-corrected chi connectivity index (χ4v) is 0.141. The van der Waals surface area contributed by atoms with Gasteiger partial charge in [-0.15, -0.1) is 5.26 Å². The number of nitriles is 1. The zero-order valence-corrected chi connectivity index (χ0v) is 11.0. The first kappa shape index (κ1) is 17.1. The number of nitrogens with zero attached hydrogens (tertiary/aromatic N) is 1. The first-order valence-electron chi connectivity index (χ1n) is 1.11. The van der Waals surface area contributed by atoms with Gasteiger partial charge in [-0.25, -0.2) is 0 Å². The van der Waals surface area contributed by atoms with Gasteiger partial charge >= 0.3 is 97.6 Å². The fraction of sp³-hybridized carbons (Fsp3) is 0. The Morgan fingerprint density at radius 3 is 2.00 bits per heavy atom. The number of rotatable bonds is 1. The molecule has 0 aliphatic heterocycles. The molecule has 9 heavy (non-hydrogen) atoms. The van der Waals surface area contributed by atoms with E-state index in [1.165, 1.54) is 0 Å². The summed E-state index contributed by atoms with van der Waals surface area (Å²) in [6, 6.07) is 0. The average Bonchev–Trinajstić information content (AvgIpc) is 1.30. The molecule has 1 N–H and O–H groups in total. The van der Waals surface area contributed by atoms with Crippen LogP contribution in [-0.4, -0.2) is 13.0 Å². The molecule has 0 atom stereocenters. The van der Waals surface area contributed by atoms with Crippen LogP contribution in [0.3, 0.4) is 0 Å². The quantitative estimate of drug-likeness (QED) is 0.250. The molecule has 8 heteroatoms. The molecule has 0 aliphatic carbocycles. The van der Waals surface area contributed by atoms with Gasteiger partial charge in [0.15, 0.2) is 0 Å². The molecule has 0 aromatic rings. The van der Waals surface area contributed by atoms with Crippen molar-refractivity contribution < 1.29 is 101 Å². The standard InChI is InChI=1S/CHNO4S.K.Na.2H/c2-1-6-7(3,4)5;;;;/h(H,3,4,5);;;;/q;2*+1;2*-1. The molecule has 0 heterocycles. The van der Waals surface area contributed by atoms with Gasteiger partial charge < -0.3 is 2.85 Å². The third-order valence-electron chi connectivity index (χ3n) is 0.143. The number of hydrogen-bond acceptors (Lipinski definition) is 4. The predicted molar refractivity (Wildman–Crippen MR) is 20.5 cm³/mol. The Kier molecular flexibility index (Phi) is 15.1. The molecule has 0 amide bonds. The van der Waals surface area contributed by atoms with Crippen LogP contribution in [0.2, 0.25) is 0 Å². The first-order chi connectivity index (χ1) is 3.06. The molecule has 0 radical (unpaired) electrons. The monoisotopic (exact) mass is 187 g/mol. The van der Waals surface area contributed by atoms with E-state index in [9.17, 15) is 8.42 Å². The molecule has 0 aromatic heterocycles. The van der Waals surface area contributed by atoms with Gasteiger partial charge in [0.25, 0.3) is 0 Å². The molecular weight excluding hydrogens is 184 g/mol. The molecule has 0 rings (SSSR count). The minimum absolute atomic E-state index is 0. The summed E-state index contributed by atoms with van der Waals surface area (Å²) in [5, 5.41) is 7.39. The SMILES string of the molecule is N#COS(=O)(=O)O.[H-].[H-].[K+].[Na+]. The number of hydrogen-bond donors (Lipinski definition) is 1. The minimum Gasteiger partial charge on any atom is -1.00 e. The fourth-order valence-electron chi connectivity index (χ4n) is 0.0471. The summed E-state index contributed by atoms with van der Waals surface area (Å²) in [5.41, 5.74) is 0. The van der Waals surface area contributed by atoms with Crippen LogP contribution in [0.15, 0.2) is 0 Å². The summed E-state index contributed by atoms with van der Waals surface area (Å²) in [4.78, 5) is 0.